The highest BCUT2D eigenvalue weighted by Gasteiger charge is 2.29. The van der Waals surface area contributed by atoms with Crippen LogP contribution in [0.3, 0.4) is 0 Å². The first kappa shape index (κ1) is 29.8. The summed E-state index contributed by atoms with van der Waals surface area (Å²) in [5.41, 5.74) is 0.871. The maximum absolute atomic E-state index is 10.7. The fourth-order valence-electron chi connectivity index (χ4n) is 5.09. The molecular formula is C29H33N3O8S. The number of methoxy groups -OCH3 is 1. The summed E-state index contributed by atoms with van der Waals surface area (Å²) in [6.07, 6.45) is 2.18. The van der Waals surface area contributed by atoms with E-state index >= 15 is 0 Å². The summed E-state index contributed by atoms with van der Waals surface area (Å²) in [7, 11) is 1.72. The number of piperidine rings is 1. The number of aliphatic hydroxyl groups excluding tert-OH is 1. The van der Waals surface area contributed by atoms with Crippen molar-refractivity contribution in [1.29, 1.82) is 0 Å². The number of H-pyrrole nitrogens is 1. The molecule has 11 nitrogen and oxygen atoms in total. The van der Waals surface area contributed by atoms with E-state index in [0.717, 1.165) is 36.0 Å². The molecule has 0 saturated carbocycles. The van der Waals surface area contributed by atoms with Crippen LogP contribution in [0.1, 0.15) is 30.6 Å². The van der Waals surface area contributed by atoms with Gasteiger partial charge in [-0.05, 0) is 68.6 Å². The summed E-state index contributed by atoms with van der Waals surface area (Å²) in [4.78, 5) is 35.8. The monoisotopic (exact) mass is 583 g/mol. The molecule has 1 fully saturated rings. The number of aliphatic hydroxyl groups is 1. The molecule has 41 heavy (non-hydrogen) atoms. The lowest BCUT2D eigenvalue weighted by Gasteiger charge is -2.38. The number of thiophene rings is 1. The minimum atomic E-state index is -1.82. The van der Waals surface area contributed by atoms with Gasteiger partial charge in [0.2, 0.25) is 6.41 Å². The number of anilines is 1. The first-order valence-electron chi connectivity index (χ1n) is 13.1. The number of carboxylic acids is 2. The number of hydrogen-bond acceptors (Lipinski definition) is 8. The number of rotatable bonds is 9. The minimum Gasteiger partial charge on any atom is -0.496 e. The SMILES string of the molecule is COc1cccc2sc([C@H]3CCN(C[C@H](O)COc4cccc5[nH]c(NC=O)cc45)[C@H](C)C3)cc12.O=C(O)C(=O)O. The van der Waals surface area contributed by atoms with Gasteiger partial charge in [0.15, 0.2) is 0 Å². The van der Waals surface area contributed by atoms with Crippen molar-refractivity contribution >= 4 is 56.5 Å². The number of nitrogens with zero attached hydrogens (tertiary/aromatic N) is 1. The highest BCUT2D eigenvalue weighted by atomic mass is 32.1. The van der Waals surface area contributed by atoms with E-state index in [4.69, 9.17) is 29.3 Å². The molecule has 0 unspecified atom stereocenters. The van der Waals surface area contributed by atoms with Gasteiger partial charge in [0.25, 0.3) is 0 Å². The Labute approximate surface area is 240 Å². The van der Waals surface area contributed by atoms with Gasteiger partial charge in [-0.3, -0.25) is 9.69 Å². The average Bonchev–Trinajstić information content (AvgIpc) is 3.58. The van der Waals surface area contributed by atoms with Crippen LogP contribution in [0.15, 0.2) is 48.5 Å². The van der Waals surface area contributed by atoms with E-state index in [0.29, 0.717) is 36.5 Å². The van der Waals surface area contributed by atoms with E-state index in [9.17, 15) is 9.90 Å². The van der Waals surface area contributed by atoms with Crippen LogP contribution >= 0.6 is 11.3 Å². The second-order valence-electron chi connectivity index (χ2n) is 9.82. The number of aromatic amines is 1. The van der Waals surface area contributed by atoms with Gasteiger partial charge in [-0.2, -0.15) is 0 Å². The standard InChI is InChI=1S/C27H31N3O4S.C2H2O4/c1-17-11-18(26-12-21-23(33-2)6-4-8-25(21)35-26)9-10-30(17)14-19(32)15-34-24-7-3-5-22-20(24)13-27(29-22)28-16-31;3-1(4)2(5)6/h3-8,12-13,16-19,29,32H,9-11,14-15H2,1-2H3,(H,28,31);(H,3,4)(H,5,6)/t17-,18+,19+;/m1./s1. The zero-order valence-corrected chi connectivity index (χ0v) is 23.5. The molecular weight excluding hydrogens is 550 g/mol. The zero-order chi connectivity index (χ0) is 29.5. The summed E-state index contributed by atoms with van der Waals surface area (Å²) in [6, 6.07) is 16.4. The maximum atomic E-state index is 10.7. The van der Waals surface area contributed by atoms with Crippen LogP contribution in [-0.2, 0) is 14.4 Å². The predicted octanol–water partition coefficient (Wildman–Crippen LogP) is 4.12. The number of carbonyl (C=O) groups is 3. The number of benzene rings is 2. The van der Waals surface area contributed by atoms with E-state index < -0.39 is 18.0 Å². The number of ether oxygens (including phenoxy) is 2. The Morgan fingerprint density at radius 3 is 2.56 bits per heavy atom. The van der Waals surface area contributed by atoms with Crippen LogP contribution in [0.2, 0.25) is 0 Å². The molecule has 1 amide bonds. The molecule has 0 aliphatic carbocycles. The number of nitrogens with one attached hydrogen (secondary N) is 2. The van der Waals surface area contributed by atoms with Crippen molar-refractivity contribution in [2.45, 2.75) is 37.8 Å². The molecule has 218 valence electrons. The van der Waals surface area contributed by atoms with Crippen molar-refractivity contribution in [2.24, 2.45) is 0 Å². The Bertz CT molecular complexity index is 1500. The van der Waals surface area contributed by atoms with Gasteiger partial charge >= 0.3 is 11.9 Å². The molecule has 1 aliphatic heterocycles. The molecule has 0 radical (unpaired) electrons. The smallest absolute Gasteiger partial charge is 0.414 e. The van der Waals surface area contributed by atoms with Crippen molar-refractivity contribution in [2.75, 3.05) is 32.1 Å². The van der Waals surface area contributed by atoms with Crippen LogP contribution in [0.5, 0.6) is 11.5 Å². The van der Waals surface area contributed by atoms with Crippen LogP contribution in [-0.4, -0.2) is 82.5 Å². The normalized spacial score (nSPS) is 17.8. The highest BCUT2D eigenvalue weighted by Crippen LogP contribution is 2.40. The molecule has 5 N–H and O–H groups in total. The molecule has 3 heterocycles. The Hall–Kier alpha value is -4.13. The van der Waals surface area contributed by atoms with Crippen molar-refractivity contribution in [3.63, 3.8) is 0 Å². The van der Waals surface area contributed by atoms with Gasteiger partial charge in [0, 0.05) is 32.9 Å². The van der Waals surface area contributed by atoms with Crippen molar-refractivity contribution in [1.82, 2.24) is 9.88 Å². The van der Waals surface area contributed by atoms with E-state index in [1.54, 1.807) is 7.11 Å². The third-order valence-electron chi connectivity index (χ3n) is 7.07. The largest absolute Gasteiger partial charge is 0.496 e. The molecule has 5 rings (SSSR count). The van der Waals surface area contributed by atoms with Gasteiger partial charge in [-0.25, -0.2) is 9.59 Å². The van der Waals surface area contributed by atoms with Crippen molar-refractivity contribution in [3.8, 4) is 11.5 Å². The molecule has 0 bridgehead atoms. The lowest BCUT2D eigenvalue weighted by Crippen LogP contribution is -2.45. The lowest BCUT2D eigenvalue weighted by molar-refractivity contribution is -0.159. The van der Waals surface area contributed by atoms with E-state index in [2.05, 4.69) is 34.3 Å². The van der Waals surface area contributed by atoms with E-state index in [-0.39, 0.29) is 6.61 Å². The van der Waals surface area contributed by atoms with Gasteiger partial charge in [-0.1, -0.05) is 12.1 Å². The Morgan fingerprint density at radius 2 is 1.88 bits per heavy atom. The van der Waals surface area contributed by atoms with E-state index in [1.165, 1.54) is 15.0 Å². The number of aliphatic carboxylic acids is 2. The molecule has 12 heteroatoms. The lowest BCUT2D eigenvalue weighted by atomic mass is 9.90. The first-order chi connectivity index (χ1) is 19.7. The van der Waals surface area contributed by atoms with Gasteiger partial charge in [0.05, 0.1) is 12.6 Å². The fraction of sp³-hybridized carbons (Fsp3) is 0.345. The van der Waals surface area contributed by atoms with Crippen LogP contribution in [0, 0.1) is 0 Å². The third-order valence-corrected chi connectivity index (χ3v) is 8.34. The number of likely N-dealkylation sites (tertiary alicyclic amines) is 1. The molecule has 0 spiro atoms. The molecule has 3 atom stereocenters. The minimum absolute atomic E-state index is 0.212. The summed E-state index contributed by atoms with van der Waals surface area (Å²) in [6.45, 7) is 3.98. The van der Waals surface area contributed by atoms with Gasteiger partial charge < -0.3 is 35.1 Å². The van der Waals surface area contributed by atoms with Gasteiger partial charge in [-0.15, -0.1) is 11.3 Å². The predicted molar refractivity (Wildman–Crippen MR) is 156 cm³/mol. The summed E-state index contributed by atoms with van der Waals surface area (Å²) in [5, 5.41) is 30.2. The number of carbonyl (C=O) groups excluding carboxylic acids is 1. The van der Waals surface area contributed by atoms with Crippen LogP contribution in [0.25, 0.3) is 21.0 Å². The number of aromatic nitrogens is 1. The Kier molecular flexibility index (Phi) is 9.82. The van der Waals surface area contributed by atoms with Gasteiger partial charge in [0.1, 0.15) is 30.0 Å². The molecule has 1 aliphatic rings. The summed E-state index contributed by atoms with van der Waals surface area (Å²) in [5.74, 6) is -0.892. The fourth-order valence-corrected chi connectivity index (χ4v) is 6.31. The van der Waals surface area contributed by atoms with Crippen LogP contribution < -0.4 is 14.8 Å². The second kappa shape index (κ2) is 13.5. The Morgan fingerprint density at radius 1 is 1.15 bits per heavy atom. The highest BCUT2D eigenvalue weighted by molar-refractivity contribution is 7.19. The summed E-state index contributed by atoms with van der Waals surface area (Å²) >= 11 is 1.87. The Balaban J connectivity index is 0.000000585. The van der Waals surface area contributed by atoms with Crippen molar-refractivity contribution < 1.29 is 39.2 Å². The number of fused-ring (bicyclic) bond motifs is 2. The quantitative estimate of drug-likeness (QED) is 0.144. The number of carboxylic acid groups (broad SMARTS) is 2. The third kappa shape index (κ3) is 7.34. The molecule has 4 aromatic rings. The molecule has 1 saturated heterocycles. The number of amides is 1. The van der Waals surface area contributed by atoms with E-state index in [1.807, 2.05) is 47.7 Å². The maximum Gasteiger partial charge on any atom is 0.414 e. The average molecular weight is 584 g/mol. The number of hydrogen-bond donors (Lipinski definition) is 5. The molecule has 2 aromatic heterocycles. The zero-order valence-electron chi connectivity index (χ0n) is 22.7. The molecule has 2 aromatic carbocycles. The topological polar surface area (TPSA) is 161 Å². The van der Waals surface area contributed by atoms with Crippen molar-refractivity contribution in [3.05, 3.63) is 53.4 Å². The second-order valence-corrected chi connectivity index (χ2v) is 10.9. The summed E-state index contributed by atoms with van der Waals surface area (Å²) < 4.78 is 12.8. The first-order valence-corrected chi connectivity index (χ1v) is 13.9. The van der Waals surface area contributed by atoms with Crippen LogP contribution in [0.4, 0.5) is 5.82 Å². The number of β-amino-alcohol motifs (C(OH)–C–C–N with tert-alkyl or cyclic N) is 1.